The number of tetrazole rings is 1. The van der Waals surface area contributed by atoms with Crippen LogP contribution in [0.15, 0.2) is 10.3 Å². The quantitative estimate of drug-likeness (QED) is 0.0467. The van der Waals surface area contributed by atoms with Crippen LogP contribution in [-0.2, 0) is 30.6 Å². The summed E-state index contributed by atoms with van der Waals surface area (Å²) in [4.78, 5) is 59.2. The lowest BCUT2D eigenvalue weighted by molar-refractivity contribution is -0.157. The zero-order chi connectivity index (χ0) is 30.3. The van der Waals surface area contributed by atoms with Crippen molar-refractivity contribution in [3.05, 3.63) is 5.82 Å². The number of thioether (sulfide) groups is 2. The number of carbonyl (C=O) groups excluding carboxylic acids is 2. The van der Waals surface area contributed by atoms with Crippen LogP contribution in [0.5, 0.6) is 0 Å². The van der Waals surface area contributed by atoms with Crippen LogP contribution in [0.25, 0.3) is 0 Å². The van der Waals surface area contributed by atoms with Crippen molar-refractivity contribution in [3.8, 4) is 0 Å². The van der Waals surface area contributed by atoms with Crippen molar-refractivity contribution < 1.29 is 34.2 Å². The standard InChI is InChI=1S/C21H29N11O7S3/c22-5-3-1-2-4-6-32-20(26-29-30-32)41-10-21(18(37)38)8-31-16(36)13(17(31)40-9-21)24-15(35)12(27-39-7-11(33)34)14-25-19(23)42-28-14/h13,17H,1-10,22H2,(H,24,35)(H,33,34)(H,37,38)(H2,23,25,28)/t13?,17-,21?/m1/s1. The number of nitrogens with two attached hydrogens (primary N) is 2. The van der Waals surface area contributed by atoms with E-state index in [0.29, 0.717) is 18.2 Å². The lowest BCUT2D eigenvalue weighted by atomic mass is 9.89. The number of amides is 2. The monoisotopic (exact) mass is 643 g/mol. The zero-order valence-corrected chi connectivity index (χ0v) is 24.6. The third-order valence-corrected chi connectivity index (χ3v) is 9.78. The molecule has 18 nitrogen and oxygen atoms in total. The molecule has 0 spiro atoms. The molecular formula is C21H29N11O7S3. The molecule has 2 fully saturated rings. The Kier molecular flexibility index (Phi) is 10.5. The molecule has 2 amide bonds. The van der Waals surface area contributed by atoms with Gasteiger partial charge in [0.15, 0.2) is 5.13 Å². The molecule has 0 saturated carbocycles. The Morgan fingerprint density at radius 2 is 2.02 bits per heavy atom. The molecule has 42 heavy (non-hydrogen) atoms. The molecule has 2 unspecified atom stereocenters. The van der Waals surface area contributed by atoms with Gasteiger partial charge in [0.2, 0.25) is 29.2 Å². The van der Waals surface area contributed by atoms with Crippen molar-refractivity contribution >= 4 is 69.7 Å². The first-order chi connectivity index (χ1) is 20.1. The predicted molar refractivity (Wildman–Crippen MR) is 150 cm³/mol. The molecule has 0 aromatic carbocycles. The fourth-order valence-corrected chi connectivity index (χ4v) is 7.38. The van der Waals surface area contributed by atoms with Crippen molar-refractivity contribution in [1.82, 2.24) is 39.8 Å². The molecule has 4 rings (SSSR count). The highest BCUT2D eigenvalue weighted by atomic mass is 32.2. The lowest BCUT2D eigenvalue weighted by Gasteiger charge is -2.53. The molecular weight excluding hydrogens is 615 g/mol. The maximum atomic E-state index is 13.0. The first-order valence-corrected chi connectivity index (χ1v) is 15.5. The minimum absolute atomic E-state index is 0.0388. The van der Waals surface area contributed by atoms with E-state index in [1.165, 1.54) is 28.4 Å². The summed E-state index contributed by atoms with van der Waals surface area (Å²) in [6, 6.07) is -0.978. The number of aromatic nitrogens is 6. The van der Waals surface area contributed by atoms with Crippen LogP contribution in [0.4, 0.5) is 5.13 Å². The van der Waals surface area contributed by atoms with Crippen LogP contribution in [0.2, 0.25) is 0 Å². The van der Waals surface area contributed by atoms with Crippen LogP contribution in [-0.4, -0.2) is 117 Å². The SMILES string of the molecule is NCCCCCCn1nnnc1SCC1(C(=O)O)CS[C@@H]2C(NC(=O)C(=NOCC(=O)O)c3nsc(N)n3)C(=O)N2C1. The minimum atomic E-state index is -1.32. The Balaban J connectivity index is 1.37. The Labute approximate surface area is 251 Å². The van der Waals surface area contributed by atoms with Crippen LogP contribution < -0.4 is 16.8 Å². The normalized spacial score (nSPS) is 21.9. The van der Waals surface area contributed by atoms with Gasteiger partial charge in [-0.2, -0.15) is 9.36 Å². The zero-order valence-electron chi connectivity index (χ0n) is 22.1. The highest BCUT2D eigenvalue weighted by Crippen LogP contribution is 2.44. The number of hydrogen-bond donors (Lipinski definition) is 5. The fraction of sp³-hybridized carbons (Fsp3) is 0.619. The van der Waals surface area contributed by atoms with Gasteiger partial charge < -0.3 is 36.7 Å². The van der Waals surface area contributed by atoms with Gasteiger partial charge >= 0.3 is 11.9 Å². The summed E-state index contributed by atoms with van der Waals surface area (Å²) >= 11 is 3.24. The number of unbranched alkanes of at least 4 members (excludes halogenated alkanes) is 3. The number of aliphatic carboxylic acids is 2. The van der Waals surface area contributed by atoms with E-state index in [4.69, 9.17) is 16.6 Å². The van der Waals surface area contributed by atoms with E-state index in [9.17, 15) is 24.3 Å². The van der Waals surface area contributed by atoms with E-state index in [2.05, 4.69) is 40.2 Å². The molecule has 2 aromatic heterocycles. The summed E-state index contributed by atoms with van der Waals surface area (Å²) in [5.74, 6) is -3.62. The highest BCUT2D eigenvalue weighted by Gasteiger charge is 2.57. The number of nitrogens with zero attached hydrogens (tertiary/aromatic N) is 8. The molecule has 2 saturated heterocycles. The summed E-state index contributed by atoms with van der Waals surface area (Å²) in [5, 5.41) is 36.8. The third kappa shape index (κ3) is 7.25. The summed E-state index contributed by atoms with van der Waals surface area (Å²) in [7, 11) is 0. The average molecular weight is 644 g/mol. The molecule has 0 radical (unpaired) electrons. The molecule has 2 aliphatic rings. The molecule has 21 heteroatoms. The van der Waals surface area contributed by atoms with Gasteiger partial charge in [-0.15, -0.1) is 16.9 Å². The number of carbonyl (C=O) groups is 4. The van der Waals surface area contributed by atoms with Gasteiger partial charge in [0, 0.05) is 36.1 Å². The molecule has 7 N–H and O–H groups in total. The molecule has 0 bridgehead atoms. The number of β-lactam (4-membered cyclic amide) rings is 1. The number of oxime groups is 1. The van der Waals surface area contributed by atoms with Gasteiger partial charge in [-0.05, 0) is 29.8 Å². The second-order valence-corrected chi connectivity index (χ2v) is 12.3. The van der Waals surface area contributed by atoms with Crippen LogP contribution >= 0.6 is 35.1 Å². The second kappa shape index (κ2) is 14.1. The van der Waals surface area contributed by atoms with E-state index >= 15 is 0 Å². The first kappa shape index (κ1) is 31.4. The van der Waals surface area contributed by atoms with Crippen molar-refractivity contribution in [2.45, 2.75) is 48.8 Å². The number of nitrogen functional groups attached to an aromatic ring is 1. The van der Waals surface area contributed by atoms with Crippen LogP contribution in [0, 0.1) is 5.41 Å². The van der Waals surface area contributed by atoms with Gasteiger partial charge in [0.25, 0.3) is 5.91 Å². The molecule has 4 heterocycles. The van der Waals surface area contributed by atoms with Gasteiger partial charge in [-0.25, -0.2) is 9.48 Å². The van der Waals surface area contributed by atoms with Gasteiger partial charge in [0.1, 0.15) is 16.8 Å². The predicted octanol–water partition coefficient (Wildman–Crippen LogP) is -1.31. The van der Waals surface area contributed by atoms with Crippen molar-refractivity contribution in [1.29, 1.82) is 0 Å². The maximum Gasteiger partial charge on any atom is 0.344 e. The maximum absolute atomic E-state index is 13.0. The summed E-state index contributed by atoms with van der Waals surface area (Å²) in [6.45, 7) is 0.360. The fourth-order valence-electron chi connectivity index (χ4n) is 4.19. The topological polar surface area (TPSA) is 267 Å². The van der Waals surface area contributed by atoms with Crippen LogP contribution in [0.1, 0.15) is 31.5 Å². The van der Waals surface area contributed by atoms with E-state index in [1.807, 2.05) is 0 Å². The lowest BCUT2D eigenvalue weighted by Crippen LogP contribution is -2.74. The van der Waals surface area contributed by atoms with E-state index in [-0.39, 0.29) is 29.0 Å². The third-order valence-electron chi connectivity index (χ3n) is 6.40. The molecule has 0 aliphatic carbocycles. The number of anilines is 1. The Bertz CT molecular complexity index is 1340. The number of carboxylic acid groups (broad SMARTS) is 2. The first-order valence-electron chi connectivity index (χ1n) is 12.7. The van der Waals surface area contributed by atoms with E-state index in [1.54, 1.807) is 4.68 Å². The molecule has 228 valence electrons. The van der Waals surface area contributed by atoms with E-state index < -0.39 is 52.9 Å². The van der Waals surface area contributed by atoms with Gasteiger partial charge in [0.05, 0.1) is 0 Å². The smallest absolute Gasteiger partial charge is 0.344 e. The Morgan fingerprint density at radius 3 is 2.71 bits per heavy atom. The summed E-state index contributed by atoms with van der Waals surface area (Å²) < 4.78 is 5.54. The number of hydrogen-bond acceptors (Lipinski definition) is 16. The highest BCUT2D eigenvalue weighted by molar-refractivity contribution is 8.00. The molecule has 3 atom stereocenters. The number of carboxylic acids is 2. The second-order valence-electron chi connectivity index (χ2n) is 9.44. The average Bonchev–Trinajstić information content (AvgIpc) is 3.60. The summed E-state index contributed by atoms with van der Waals surface area (Å²) in [6.07, 6.45) is 3.80. The summed E-state index contributed by atoms with van der Waals surface area (Å²) in [5.41, 5.74) is 9.39. The van der Waals surface area contributed by atoms with Gasteiger partial charge in [-0.1, -0.05) is 29.8 Å². The Morgan fingerprint density at radius 1 is 1.24 bits per heavy atom. The number of nitrogens with one attached hydrogen (secondary N) is 1. The largest absolute Gasteiger partial charge is 0.481 e. The molecule has 2 aliphatic heterocycles. The molecule has 2 aromatic rings. The van der Waals surface area contributed by atoms with Crippen molar-refractivity contribution in [2.75, 3.05) is 36.9 Å². The number of aryl methyl sites for hydroxylation is 1. The van der Waals surface area contributed by atoms with Crippen molar-refractivity contribution in [3.63, 3.8) is 0 Å². The Hall–Kier alpha value is -3.56. The minimum Gasteiger partial charge on any atom is -0.481 e. The number of fused-ring (bicyclic) bond motifs is 1. The van der Waals surface area contributed by atoms with E-state index in [0.717, 1.165) is 37.2 Å². The van der Waals surface area contributed by atoms with Crippen LogP contribution in [0.3, 0.4) is 0 Å². The van der Waals surface area contributed by atoms with Gasteiger partial charge in [-0.3, -0.25) is 14.4 Å². The van der Waals surface area contributed by atoms with Crippen molar-refractivity contribution in [2.24, 2.45) is 16.3 Å². The number of rotatable bonds is 16.